The van der Waals surface area contributed by atoms with E-state index in [2.05, 4.69) is 40.6 Å². The molecule has 1 saturated heterocycles. The number of amides is 1. The van der Waals surface area contributed by atoms with Gasteiger partial charge in [-0.05, 0) is 55.0 Å². The Kier molecular flexibility index (Phi) is 5.71. The first kappa shape index (κ1) is 18.3. The summed E-state index contributed by atoms with van der Waals surface area (Å²) in [4.78, 5) is 19.0. The van der Waals surface area contributed by atoms with Crippen LogP contribution in [0, 0.1) is 5.92 Å². The van der Waals surface area contributed by atoms with Crippen LogP contribution in [0.5, 0.6) is 0 Å². The molecule has 2 aromatic heterocycles. The number of nitrogens with zero attached hydrogens (tertiary/aromatic N) is 2. The summed E-state index contributed by atoms with van der Waals surface area (Å²) in [6.07, 6.45) is 6.54. The molecule has 3 aromatic rings. The number of aromatic nitrogens is 1. The van der Waals surface area contributed by atoms with Gasteiger partial charge in [-0.2, -0.15) is 0 Å². The quantitative estimate of drug-likeness (QED) is 0.695. The van der Waals surface area contributed by atoms with Gasteiger partial charge in [-0.1, -0.05) is 30.3 Å². The van der Waals surface area contributed by atoms with Crippen LogP contribution in [0.1, 0.15) is 34.7 Å². The Bertz CT molecular complexity index is 868. The fraction of sp³-hybridized carbons (Fsp3) is 0.304. The number of likely N-dealkylation sites (tertiary alicyclic amines) is 1. The number of benzene rings is 1. The van der Waals surface area contributed by atoms with Crippen molar-refractivity contribution in [3.05, 3.63) is 84.1 Å². The van der Waals surface area contributed by atoms with Crippen LogP contribution in [0.25, 0.3) is 0 Å². The van der Waals surface area contributed by atoms with Crippen molar-refractivity contribution >= 4 is 11.6 Å². The third-order valence-corrected chi connectivity index (χ3v) is 5.30. The first-order chi connectivity index (χ1) is 13.8. The molecule has 1 fully saturated rings. The third kappa shape index (κ3) is 4.60. The standard InChI is InChI=1S/C23H25N3O2/c27-23(22-9-8-20(16-25-22)24-17-21-7-4-14-28-21)26-12-10-19(11-13-26)15-18-5-2-1-3-6-18/h1-9,14,16,19,24H,10-13,15,17H2. The number of hydrogen-bond donors (Lipinski definition) is 1. The van der Waals surface area contributed by atoms with E-state index in [9.17, 15) is 4.79 Å². The number of piperidine rings is 1. The molecule has 0 radical (unpaired) electrons. The molecule has 5 nitrogen and oxygen atoms in total. The zero-order valence-corrected chi connectivity index (χ0v) is 15.9. The smallest absolute Gasteiger partial charge is 0.272 e. The molecule has 0 spiro atoms. The van der Waals surface area contributed by atoms with E-state index in [1.807, 2.05) is 23.1 Å². The molecule has 1 amide bonds. The van der Waals surface area contributed by atoms with Crippen LogP contribution < -0.4 is 5.32 Å². The number of anilines is 1. The lowest BCUT2D eigenvalue weighted by Crippen LogP contribution is -2.39. The monoisotopic (exact) mass is 375 g/mol. The van der Waals surface area contributed by atoms with Crippen LogP contribution in [0.2, 0.25) is 0 Å². The molecule has 1 aliphatic rings. The van der Waals surface area contributed by atoms with Gasteiger partial charge in [-0.3, -0.25) is 4.79 Å². The van der Waals surface area contributed by atoms with E-state index in [0.717, 1.165) is 43.8 Å². The van der Waals surface area contributed by atoms with Crippen molar-refractivity contribution in [3.8, 4) is 0 Å². The second-order valence-electron chi connectivity index (χ2n) is 7.29. The van der Waals surface area contributed by atoms with Crippen LogP contribution >= 0.6 is 0 Å². The summed E-state index contributed by atoms with van der Waals surface area (Å²) < 4.78 is 5.30. The highest BCUT2D eigenvalue weighted by atomic mass is 16.3. The first-order valence-corrected chi connectivity index (χ1v) is 9.83. The lowest BCUT2D eigenvalue weighted by Gasteiger charge is -2.32. The van der Waals surface area contributed by atoms with E-state index >= 15 is 0 Å². The van der Waals surface area contributed by atoms with Crippen molar-refractivity contribution in [2.75, 3.05) is 18.4 Å². The molecule has 0 unspecified atom stereocenters. The van der Waals surface area contributed by atoms with Gasteiger partial charge in [0.1, 0.15) is 11.5 Å². The number of rotatable bonds is 6. The topological polar surface area (TPSA) is 58.4 Å². The summed E-state index contributed by atoms with van der Waals surface area (Å²) in [5.41, 5.74) is 2.76. The number of pyridine rings is 1. The van der Waals surface area contributed by atoms with E-state index in [1.165, 1.54) is 5.56 Å². The van der Waals surface area contributed by atoms with E-state index in [-0.39, 0.29) is 5.91 Å². The molecule has 5 heteroatoms. The zero-order valence-electron chi connectivity index (χ0n) is 15.9. The van der Waals surface area contributed by atoms with E-state index in [1.54, 1.807) is 18.5 Å². The summed E-state index contributed by atoms with van der Waals surface area (Å²) in [6, 6.07) is 18.1. The molecule has 0 saturated carbocycles. The van der Waals surface area contributed by atoms with Crippen molar-refractivity contribution < 1.29 is 9.21 Å². The maximum absolute atomic E-state index is 12.7. The molecule has 0 bridgehead atoms. The predicted octanol–water partition coefficient (Wildman–Crippen LogP) is 4.38. The Balaban J connectivity index is 1.27. The minimum atomic E-state index is 0.0238. The Labute approximate surface area is 165 Å². The van der Waals surface area contributed by atoms with Crippen LogP contribution in [-0.4, -0.2) is 28.9 Å². The normalized spacial score (nSPS) is 14.8. The van der Waals surface area contributed by atoms with Crippen molar-refractivity contribution in [1.29, 1.82) is 0 Å². The Morgan fingerprint density at radius 2 is 1.89 bits per heavy atom. The molecule has 1 aromatic carbocycles. The summed E-state index contributed by atoms with van der Waals surface area (Å²) in [5.74, 6) is 1.53. The fourth-order valence-electron chi connectivity index (χ4n) is 3.68. The number of carbonyl (C=O) groups excluding carboxylic acids is 1. The molecule has 4 rings (SSSR count). The number of furan rings is 1. The zero-order chi connectivity index (χ0) is 19.2. The Morgan fingerprint density at radius 3 is 2.57 bits per heavy atom. The van der Waals surface area contributed by atoms with Gasteiger partial charge in [0.15, 0.2) is 0 Å². The molecule has 3 heterocycles. The Hall–Kier alpha value is -3.08. The van der Waals surface area contributed by atoms with Crippen molar-refractivity contribution in [2.45, 2.75) is 25.8 Å². The van der Waals surface area contributed by atoms with Gasteiger partial charge < -0.3 is 14.6 Å². The molecular formula is C23H25N3O2. The van der Waals surface area contributed by atoms with Crippen LogP contribution in [-0.2, 0) is 13.0 Å². The molecule has 1 N–H and O–H groups in total. The van der Waals surface area contributed by atoms with Crippen molar-refractivity contribution in [2.24, 2.45) is 5.92 Å². The van der Waals surface area contributed by atoms with Gasteiger partial charge in [0.25, 0.3) is 5.91 Å². The molecule has 1 aliphatic heterocycles. The SMILES string of the molecule is O=C(c1ccc(NCc2ccco2)cn1)N1CCC(Cc2ccccc2)CC1. The summed E-state index contributed by atoms with van der Waals surface area (Å²) in [6.45, 7) is 2.20. The van der Waals surface area contributed by atoms with Gasteiger partial charge in [-0.15, -0.1) is 0 Å². The lowest BCUT2D eigenvalue weighted by atomic mass is 9.90. The van der Waals surface area contributed by atoms with Crippen LogP contribution in [0.15, 0.2) is 71.5 Å². The van der Waals surface area contributed by atoms with E-state index in [4.69, 9.17) is 4.42 Å². The predicted molar refractivity (Wildman–Crippen MR) is 109 cm³/mol. The highest BCUT2D eigenvalue weighted by Gasteiger charge is 2.24. The van der Waals surface area contributed by atoms with Gasteiger partial charge in [0.2, 0.25) is 0 Å². The first-order valence-electron chi connectivity index (χ1n) is 9.83. The maximum atomic E-state index is 12.7. The van der Waals surface area contributed by atoms with Crippen molar-refractivity contribution in [3.63, 3.8) is 0 Å². The fourth-order valence-corrected chi connectivity index (χ4v) is 3.68. The van der Waals surface area contributed by atoms with Crippen LogP contribution in [0.4, 0.5) is 5.69 Å². The minimum absolute atomic E-state index is 0.0238. The number of nitrogens with one attached hydrogen (secondary N) is 1. The molecule has 0 aliphatic carbocycles. The summed E-state index contributed by atoms with van der Waals surface area (Å²) in [7, 11) is 0. The van der Waals surface area contributed by atoms with E-state index in [0.29, 0.717) is 18.2 Å². The van der Waals surface area contributed by atoms with Crippen LogP contribution in [0.3, 0.4) is 0 Å². The summed E-state index contributed by atoms with van der Waals surface area (Å²) in [5, 5.41) is 3.24. The lowest BCUT2D eigenvalue weighted by molar-refractivity contribution is 0.0684. The third-order valence-electron chi connectivity index (χ3n) is 5.30. The molecule has 28 heavy (non-hydrogen) atoms. The average Bonchev–Trinajstić information content (AvgIpc) is 3.27. The molecular weight excluding hydrogens is 350 g/mol. The highest BCUT2D eigenvalue weighted by Crippen LogP contribution is 2.23. The molecule has 0 atom stereocenters. The second kappa shape index (κ2) is 8.74. The highest BCUT2D eigenvalue weighted by molar-refractivity contribution is 5.92. The Morgan fingerprint density at radius 1 is 1.07 bits per heavy atom. The largest absolute Gasteiger partial charge is 0.467 e. The van der Waals surface area contributed by atoms with Gasteiger partial charge >= 0.3 is 0 Å². The average molecular weight is 375 g/mol. The summed E-state index contributed by atoms with van der Waals surface area (Å²) >= 11 is 0. The number of hydrogen-bond acceptors (Lipinski definition) is 4. The van der Waals surface area contributed by atoms with Gasteiger partial charge in [-0.25, -0.2) is 4.98 Å². The molecule has 144 valence electrons. The second-order valence-corrected chi connectivity index (χ2v) is 7.29. The van der Waals surface area contributed by atoms with Gasteiger partial charge in [0.05, 0.1) is 24.7 Å². The van der Waals surface area contributed by atoms with Crippen molar-refractivity contribution in [1.82, 2.24) is 9.88 Å². The van der Waals surface area contributed by atoms with E-state index < -0.39 is 0 Å². The minimum Gasteiger partial charge on any atom is -0.467 e. The number of carbonyl (C=O) groups is 1. The maximum Gasteiger partial charge on any atom is 0.272 e. The van der Waals surface area contributed by atoms with Gasteiger partial charge in [0, 0.05) is 13.1 Å².